The zero-order valence-electron chi connectivity index (χ0n) is 7.90. The minimum absolute atomic E-state index is 0.312. The van der Waals surface area contributed by atoms with Gasteiger partial charge in [-0.3, -0.25) is 0 Å². The normalized spacial score (nSPS) is 28.9. The molecule has 78 valence electrons. The second kappa shape index (κ2) is 4.66. The largest absolute Gasteiger partial charge is 0.330 e. The first-order valence-electron chi connectivity index (χ1n) is 4.59. The monoisotopic (exact) mass is 223 g/mol. The zero-order valence-corrected chi connectivity index (χ0v) is 9.53. The molecule has 1 saturated heterocycles. The van der Waals surface area contributed by atoms with Gasteiger partial charge in [-0.15, -0.1) is 0 Å². The van der Waals surface area contributed by atoms with Gasteiger partial charge in [0.25, 0.3) is 0 Å². The number of rotatable bonds is 4. The van der Waals surface area contributed by atoms with E-state index in [-0.39, 0.29) is 0 Å². The Morgan fingerprint density at radius 3 is 2.77 bits per heavy atom. The van der Waals surface area contributed by atoms with Crippen LogP contribution in [0.4, 0.5) is 0 Å². The molecule has 0 bridgehead atoms. The van der Waals surface area contributed by atoms with Crippen LogP contribution in [0.25, 0.3) is 0 Å². The van der Waals surface area contributed by atoms with Crippen LogP contribution in [0, 0.1) is 0 Å². The van der Waals surface area contributed by atoms with E-state index in [9.17, 15) is 8.42 Å². The maximum Gasteiger partial charge on any atom is 0.151 e. The molecule has 0 amide bonds. The molecule has 1 aliphatic heterocycles. The molecule has 1 heterocycles. The van der Waals surface area contributed by atoms with Gasteiger partial charge in [0.15, 0.2) is 9.84 Å². The molecule has 0 saturated carbocycles. The van der Waals surface area contributed by atoms with Gasteiger partial charge in [0.1, 0.15) is 0 Å². The Morgan fingerprint density at radius 2 is 2.31 bits per heavy atom. The van der Waals surface area contributed by atoms with Crippen molar-refractivity contribution < 1.29 is 8.42 Å². The van der Waals surface area contributed by atoms with Crippen LogP contribution < -0.4 is 5.73 Å². The highest BCUT2D eigenvalue weighted by molar-refractivity contribution is 8.02. The Morgan fingerprint density at radius 1 is 1.62 bits per heavy atom. The molecule has 0 aromatic carbocycles. The molecule has 2 N–H and O–H groups in total. The molecule has 2 unspecified atom stereocenters. The fraction of sp³-hybridized carbons (Fsp3) is 1.00. The van der Waals surface area contributed by atoms with Gasteiger partial charge in [-0.05, 0) is 19.4 Å². The molecule has 1 rings (SSSR count). The lowest BCUT2D eigenvalue weighted by atomic mass is 10.3. The Labute approximate surface area is 84.4 Å². The van der Waals surface area contributed by atoms with Crippen molar-refractivity contribution >= 4 is 21.6 Å². The molecule has 13 heavy (non-hydrogen) atoms. The highest BCUT2D eigenvalue weighted by Gasteiger charge is 2.29. The van der Waals surface area contributed by atoms with Gasteiger partial charge >= 0.3 is 0 Å². The average molecular weight is 223 g/mol. The van der Waals surface area contributed by atoms with Crippen LogP contribution in [0.5, 0.6) is 0 Å². The molecule has 0 radical (unpaired) electrons. The third-order valence-electron chi connectivity index (χ3n) is 2.19. The standard InChI is InChI=1S/C8H17NO2S2/c1-7(2-4-9)12-8-3-5-13(10,11)6-8/h7-8H,2-6,9H2,1H3. The van der Waals surface area contributed by atoms with Crippen LogP contribution in [0.2, 0.25) is 0 Å². The van der Waals surface area contributed by atoms with Crippen LogP contribution in [0.15, 0.2) is 0 Å². The highest BCUT2D eigenvalue weighted by Crippen LogP contribution is 2.28. The minimum atomic E-state index is -2.71. The summed E-state index contributed by atoms with van der Waals surface area (Å²) < 4.78 is 22.3. The molecular formula is C8H17NO2S2. The van der Waals surface area contributed by atoms with E-state index in [2.05, 4.69) is 6.92 Å². The summed E-state index contributed by atoms with van der Waals surface area (Å²) >= 11 is 1.77. The lowest BCUT2D eigenvalue weighted by Gasteiger charge is -2.13. The second-order valence-electron chi connectivity index (χ2n) is 3.55. The number of hydrogen-bond acceptors (Lipinski definition) is 4. The van der Waals surface area contributed by atoms with Crippen LogP contribution in [0.1, 0.15) is 19.8 Å². The van der Waals surface area contributed by atoms with Gasteiger partial charge in [-0.2, -0.15) is 11.8 Å². The minimum Gasteiger partial charge on any atom is -0.330 e. The lowest BCUT2D eigenvalue weighted by molar-refractivity contribution is 0.602. The van der Waals surface area contributed by atoms with E-state index in [1.807, 2.05) is 0 Å². The first-order valence-corrected chi connectivity index (χ1v) is 7.36. The second-order valence-corrected chi connectivity index (χ2v) is 7.52. The summed E-state index contributed by atoms with van der Waals surface area (Å²) in [6, 6.07) is 0. The van der Waals surface area contributed by atoms with Crippen molar-refractivity contribution in [3.63, 3.8) is 0 Å². The van der Waals surface area contributed by atoms with Crippen LogP contribution >= 0.6 is 11.8 Å². The summed E-state index contributed by atoms with van der Waals surface area (Å²) in [5, 5.41) is 0.801. The Kier molecular flexibility index (Phi) is 4.06. The molecule has 0 aliphatic carbocycles. The van der Waals surface area contributed by atoms with E-state index in [1.54, 1.807) is 11.8 Å². The van der Waals surface area contributed by atoms with Crippen molar-refractivity contribution in [2.24, 2.45) is 5.73 Å². The highest BCUT2D eigenvalue weighted by atomic mass is 32.2. The number of thioether (sulfide) groups is 1. The van der Waals surface area contributed by atoms with E-state index in [0.29, 0.717) is 28.6 Å². The maximum absolute atomic E-state index is 11.1. The zero-order chi connectivity index (χ0) is 9.90. The first kappa shape index (κ1) is 11.3. The van der Waals surface area contributed by atoms with Crippen LogP contribution in [0.3, 0.4) is 0 Å². The van der Waals surface area contributed by atoms with Crippen molar-refractivity contribution in [1.29, 1.82) is 0 Å². The first-order chi connectivity index (χ1) is 6.03. The average Bonchev–Trinajstić information content (AvgIpc) is 2.30. The Hall–Kier alpha value is 0.260. The summed E-state index contributed by atoms with van der Waals surface area (Å²) in [6.45, 7) is 2.80. The summed E-state index contributed by atoms with van der Waals surface area (Å²) in [5.41, 5.74) is 5.43. The van der Waals surface area contributed by atoms with Crippen molar-refractivity contribution in [3.05, 3.63) is 0 Å². The SMILES string of the molecule is CC(CCN)SC1CCS(=O)(=O)C1. The van der Waals surface area contributed by atoms with Crippen molar-refractivity contribution in [2.45, 2.75) is 30.3 Å². The van der Waals surface area contributed by atoms with Gasteiger partial charge in [-0.1, -0.05) is 6.92 Å². The van der Waals surface area contributed by atoms with Crippen molar-refractivity contribution in [1.82, 2.24) is 0 Å². The molecule has 2 atom stereocenters. The summed E-state index contributed by atoms with van der Waals surface area (Å²) in [5.74, 6) is 0.743. The third-order valence-corrected chi connectivity index (χ3v) is 5.66. The maximum atomic E-state index is 11.1. The summed E-state index contributed by atoms with van der Waals surface area (Å²) in [7, 11) is -2.71. The molecule has 5 heteroatoms. The van der Waals surface area contributed by atoms with Gasteiger partial charge in [0.2, 0.25) is 0 Å². The molecular weight excluding hydrogens is 206 g/mol. The van der Waals surface area contributed by atoms with E-state index >= 15 is 0 Å². The van der Waals surface area contributed by atoms with Crippen LogP contribution in [-0.2, 0) is 9.84 Å². The molecule has 0 spiro atoms. The Bertz CT molecular complexity index is 251. The number of hydrogen-bond donors (Lipinski definition) is 1. The molecule has 1 aliphatic rings. The van der Waals surface area contributed by atoms with Gasteiger partial charge in [0, 0.05) is 10.5 Å². The van der Waals surface area contributed by atoms with Crippen molar-refractivity contribution in [2.75, 3.05) is 18.1 Å². The molecule has 0 aromatic rings. The van der Waals surface area contributed by atoms with E-state index in [4.69, 9.17) is 5.73 Å². The smallest absolute Gasteiger partial charge is 0.151 e. The quantitative estimate of drug-likeness (QED) is 0.760. The van der Waals surface area contributed by atoms with E-state index < -0.39 is 9.84 Å². The third kappa shape index (κ3) is 3.87. The summed E-state index contributed by atoms with van der Waals surface area (Å²) in [6.07, 6.45) is 1.79. The fourth-order valence-electron chi connectivity index (χ4n) is 1.50. The predicted molar refractivity (Wildman–Crippen MR) is 57.8 cm³/mol. The van der Waals surface area contributed by atoms with E-state index in [1.165, 1.54) is 0 Å². The molecule has 1 fully saturated rings. The van der Waals surface area contributed by atoms with Crippen LogP contribution in [-0.4, -0.2) is 37.0 Å². The molecule has 3 nitrogen and oxygen atoms in total. The van der Waals surface area contributed by atoms with Gasteiger partial charge in [0.05, 0.1) is 11.5 Å². The summed E-state index contributed by atoms with van der Waals surface area (Å²) in [4.78, 5) is 0. The van der Waals surface area contributed by atoms with E-state index in [0.717, 1.165) is 12.8 Å². The fourth-order valence-corrected chi connectivity index (χ4v) is 5.31. The topological polar surface area (TPSA) is 60.2 Å². The lowest BCUT2D eigenvalue weighted by Crippen LogP contribution is -2.13. The predicted octanol–water partition coefficient (Wildman–Crippen LogP) is 0.644. The van der Waals surface area contributed by atoms with Crippen molar-refractivity contribution in [3.8, 4) is 0 Å². The number of nitrogens with two attached hydrogens (primary N) is 1. The molecule has 0 aromatic heterocycles. The van der Waals surface area contributed by atoms with Gasteiger partial charge < -0.3 is 5.73 Å². The van der Waals surface area contributed by atoms with Gasteiger partial charge in [-0.25, -0.2) is 8.42 Å². The Balaban J connectivity index is 2.32. The number of sulfone groups is 1.